The summed E-state index contributed by atoms with van der Waals surface area (Å²) in [6, 6.07) is 7.21. The zero-order valence-electron chi connectivity index (χ0n) is 10.2. The number of aromatic nitrogens is 1. The molecule has 18 heavy (non-hydrogen) atoms. The summed E-state index contributed by atoms with van der Waals surface area (Å²) in [5, 5.41) is 4.24. The van der Waals surface area contributed by atoms with Gasteiger partial charge in [0.25, 0.3) is 0 Å². The number of carbonyl (C=O) groups excluding carboxylic acids is 1. The first-order valence-corrected chi connectivity index (χ1v) is 5.95. The molecule has 0 aliphatic rings. The number of hydrogen-bond donors (Lipinski definition) is 1. The van der Waals surface area contributed by atoms with E-state index >= 15 is 0 Å². The van der Waals surface area contributed by atoms with E-state index in [9.17, 15) is 4.79 Å². The van der Waals surface area contributed by atoms with E-state index in [2.05, 4.69) is 10.3 Å². The molecule has 0 unspecified atom stereocenters. The van der Waals surface area contributed by atoms with Crippen molar-refractivity contribution in [3.05, 3.63) is 47.1 Å². The molecule has 0 aliphatic carbocycles. The van der Waals surface area contributed by atoms with Gasteiger partial charge in [0.1, 0.15) is 0 Å². The van der Waals surface area contributed by atoms with Crippen LogP contribution in [-0.4, -0.2) is 10.9 Å². The van der Waals surface area contributed by atoms with E-state index in [0.29, 0.717) is 16.2 Å². The van der Waals surface area contributed by atoms with E-state index in [0.717, 1.165) is 11.0 Å². The van der Waals surface area contributed by atoms with Crippen LogP contribution in [0.5, 0.6) is 0 Å². The van der Waals surface area contributed by atoms with Crippen molar-refractivity contribution >= 4 is 34.1 Å². The summed E-state index contributed by atoms with van der Waals surface area (Å²) < 4.78 is 0. The molecule has 0 fully saturated rings. The Morgan fingerprint density at radius 1 is 1.33 bits per heavy atom. The maximum absolute atomic E-state index is 11.7. The molecule has 1 N–H and O–H groups in total. The largest absolute Gasteiger partial charge is 0.322 e. The summed E-state index contributed by atoms with van der Waals surface area (Å²) >= 11 is 6.06. The van der Waals surface area contributed by atoms with Crippen molar-refractivity contribution in [3.63, 3.8) is 0 Å². The van der Waals surface area contributed by atoms with E-state index < -0.39 is 0 Å². The minimum absolute atomic E-state index is 0.150. The molecule has 0 atom stereocenters. The number of anilines is 1. The first kappa shape index (κ1) is 12.6. The van der Waals surface area contributed by atoms with Crippen LogP contribution in [0.4, 0.5) is 5.69 Å². The number of amides is 1. The lowest BCUT2D eigenvalue weighted by Gasteiger charge is -2.07. The molecule has 3 nitrogen and oxygen atoms in total. The summed E-state index contributed by atoms with van der Waals surface area (Å²) in [5.74, 6) is -0.150. The van der Waals surface area contributed by atoms with Gasteiger partial charge in [-0.3, -0.25) is 9.78 Å². The first-order valence-electron chi connectivity index (χ1n) is 5.57. The highest BCUT2D eigenvalue weighted by atomic mass is 35.5. The van der Waals surface area contributed by atoms with Gasteiger partial charge in [-0.15, -0.1) is 0 Å². The topological polar surface area (TPSA) is 42.0 Å². The predicted molar refractivity (Wildman–Crippen MR) is 74.8 cm³/mol. The third-order valence-corrected chi connectivity index (χ3v) is 2.70. The summed E-state index contributed by atoms with van der Waals surface area (Å²) in [7, 11) is 0. The van der Waals surface area contributed by atoms with Gasteiger partial charge in [0.2, 0.25) is 5.91 Å². The van der Waals surface area contributed by atoms with Crippen molar-refractivity contribution in [2.45, 2.75) is 13.8 Å². The van der Waals surface area contributed by atoms with Gasteiger partial charge in [0.05, 0.1) is 16.2 Å². The van der Waals surface area contributed by atoms with Crippen LogP contribution in [-0.2, 0) is 4.79 Å². The summed E-state index contributed by atoms with van der Waals surface area (Å²) in [6.45, 7) is 3.75. The number of nitrogens with one attached hydrogen (secondary N) is 1. The molecule has 1 aromatic heterocycles. The Labute approximate surface area is 110 Å². The number of rotatable bonds is 2. The average Bonchev–Trinajstić information content (AvgIpc) is 2.32. The van der Waals surface area contributed by atoms with E-state index in [1.165, 1.54) is 0 Å². The zero-order chi connectivity index (χ0) is 13.1. The number of benzene rings is 1. The second kappa shape index (κ2) is 5.19. The van der Waals surface area contributed by atoms with Gasteiger partial charge in [-0.1, -0.05) is 17.2 Å². The Hall–Kier alpha value is -1.87. The van der Waals surface area contributed by atoms with Crippen LogP contribution in [0.15, 0.2) is 42.1 Å². The monoisotopic (exact) mass is 260 g/mol. The highest BCUT2D eigenvalue weighted by Crippen LogP contribution is 2.27. The van der Waals surface area contributed by atoms with Gasteiger partial charge in [0, 0.05) is 17.7 Å². The maximum Gasteiger partial charge on any atom is 0.248 e. The Bertz CT molecular complexity index is 631. The average molecular weight is 261 g/mol. The van der Waals surface area contributed by atoms with Crippen LogP contribution in [0.25, 0.3) is 10.9 Å². The molecule has 0 spiro atoms. The zero-order valence-corrected chi connectivity index (χ0v) is 11.0. The predicted octanol–water partition coefficient (Wildman–Crippen LogP) is 3.79. The van der Waals surface area contributed by atoms with Crippen molar-refractivity contribution in [2.24, 2.45) is 0 Å². The van der Waals surface area contributed by atoms with E-state index in [1.54, 1.807) is 24.4 Å². The van der Waals surface area contributed by atoms with Crippen molar-refractivity contribution in [1.29, 1.82) is 0 Å². The fourth-order valence-electron chi connectivity index (χ4n) is 1.68. The van der Waals surface area contributed by atoms with Crippen LogP contribution in [0.3, 0.4) is 0 Å². The molecule has 92 valence electrons. The van der Waals surface area contributed by atoms with Crippen LogP contribution in [0, 0.1) is 0 Å². The molecule has 0 radical (unpaired) electrons. The Balaban J connectivity index is 2.43. The minimum atomic E-state index is -0.150. The molecule has 1 aromatic carbocycles. The number of nitrogens with zero attached hydrogens (tertiary/aromatic N) is 1. The third kappa shape index (κ3) is 2.68. The lowest BCUT2D eigenvalue weighted by Crippen LogP contribution is -2.08. The maximum atomic E-state index is 11.7. The Morgan fingerprint density at radius 2 is 2.11 bits per heavy atom. The lowest BCUT2D eigenvalue weighted by molar-refractivity contribution is -0.111. The standard InChI is InChI=1S/C14H13ClN2O/c1-9(2)8-13(18)17-12-6-5-11(15)14-10(12)4-3-7-16-14/h3-8H,1-2H3,(H,17,18). The second-order valence-corrected chi connectivity index (χ2v) is 4.61. The van der Waals surface area contributed by atoms with Crippen molar-refractivity contribution in [1.82, 2.24) is 4.98 Å². The van der Waals surface area contributed by atoms with E-state index in [4.69, 9.17) is 11.6 Å². The van der Waals surface area contributed by atoms with Gasteiger partial charge >= 0.3 is 0 Å². The Kier molecular flexibility index (Phi) is 3.63. The van der Waals surface area contributed by atoms with Crippen LogP contribution < -0.4 is 5.32 Å². The van der Waals surface area contributed by atoms with E-state index in [1.807, 2.05) is 26.0 Å². The summed E-state index contributed by atoms with van der Waals surface area (Å²) in [4.78, 5) is 15.9. The van der Waals surface area contributed by atoms with Gasteiger partial charge in [0.15, 0.2) is 0 Å². The first-order chi connectivity index (χ1) is 8.58. The molecular formula is C14H13ClN2O. The third-order valence-electron chi connectivity index (χ3n) is 2.40. The van der Waals surface area contributed by atoms with Gasteiger partial charge in [-0.05, 0) is 38.1 Å². The molecule has 1 heterocycles. The van der Waals surface area contributed by atoms with Gasteiger partial charge in [-0.2, -0.15) is 0 Å². The molecular weight excluding hydrogens is 248 g/mol. The SMILES string of the molecule is CC(C)=CC(=O)Nc1ccc(Cl)c2ncccc12. The van der Waals surface area contributed by atoms with Gasteiger partial charge < -0.3 is 5.32 Å². The van der Waals surface area contributed by atoms with Crippen molar-refractivity contribution in [3.8, 4) is 0 Å². The molecule has 0 saturated carbocycles. The number of pyridine rings is 1. The highest BCUT2D eigenvalue weighted by molar-refractivity contribution is 6.35. The molecule has 1 amide bonds. The molecule has 4 heteroatoms. The molecule has 0 saturated heterocycles. The minimum Gasteiger partial charge on any atom is -0.322 e. The lowest BCUT2D eigenvalue weighted by atomic mass is 10.2. The number of hydrogen-bond acceptors (Lipinski definition) is 2. The highest BCUT2D eigenvalue weighted by Gasteiger charge is 2.07. The van der Waals surface area contributed by atoms with E-state index in [-0.39, 0.29) is 5.91 Å². The fraction of sp³-hybridized carbons (Fsp3) is 0.143. The van der Waals surface area contributed by atoms with Crippen LogP contribution in [0.1, 0.15) is 13.8 Å². The molecule has 2 rings (SSSR count). The number of fused-ring (bicyclic) bond motifs is 1. The molecule has 0 aliphatic heterocycles. The second-order valence-electron chi connectivity index (χ2n) is 4.21. The number of halogens is 1. The van der Waals surface area contributed by atoms with Crippen LogP contribution in [0.2, 0.25) is 5.02 Å². The summed E-state index contributed by atoms with van der Waals surface area (Å²) in [6.07, 6.45) is 3.23. The number of carbonyl (C=O) groups is 1. The van der Waals surface area contributed by atoms with Crippen LogP contribution >= 0.6 is 11.6 Å². The molecule has 0 bridgehead atoms. The quantitative estimate of drug-likeness (QED) is 0.835. The Morgan fingerprint density at radius 3 is 2.83 bits per heavy atom. The smallest absolute Gasteiger partial charge is 0.248 e. The summed E-state index contributed by atoms with van der Waals surface area (Å²) in [5.41, 5.74) is 2.35. The normalized spacial score (nSPS) is 10.2. The van der Waals surface area contributed by atoms with Gasteiger partial charge in [-0.25, -0.2) is 0 Å². The fourth-order valence-corrected chi connectivity index (χ4v) is 1.89. The van der Waals surface area contributed by atoms with Crippen molar-refractivity contribution < 1.29 is 4.79 Å². The molecule has 2 aromatic rings. The number of allylic oxidation sites excluding steroid dienone is 1. The van der Waals surface area contributed by atoms with Crippen molar-refractivity contribution in [2.75, 3.05) is 5.32 Å².